The van der Waals surface area contributed by atoms with Crippen LogP contribution in [0.1, 0.15) is 43.2 Å². The van der Waals surface area contributed by atoms with Crippen molar-refractivity contribution in [1.82, 2.24) is 10.6 Å². The number of fused-ring (bicyclic) bond motifs is 3. The number of alkyl carbamates (subject to hydrolysis) is 1. The number of nitrogens with one attached hydrogen (secondary N) is 2. The van der Waals surface area contributed by atoms with Gasteiger partial charge in [-0.1, -0.05) is 55.0 Å². The number of benzene rings is 2. The van der Waals surface area contributed by atoms with Crippen molar-refractivity contribution >= 4 is 18.0 Å². The zero-order valence-corrected chi connectivity index (χ0v) is 18.0. The summed E-state index contributed by atoms with van der Waals surface area (Å²) in [6.07, 6.45) is 1.62. The van der Waals surface area contributed by atoms with E-state index in [4.69, 9.17) is 4.74 Å². The fourth-order valence-electron chi connectivity index (χ4n) is 4.87. The summed E-state index contributed by atoms with van der Waals surface area (Å²) in [5.74, 6) is -1.70. The Morgan fingerprint density at radius 1 is 1.03 bits per heavy atom. The molecular weight excluding hydrogens is 408 g/mol. The number of carboxylic acid groups (broad SMARTS) is 1. The van der Waals surface area contributed by atoms with Gasteiger partial charge in [-0.15, -0.1) is 0 Å². The quantitative estimate of drug-likeness (QED) is 0.616. The number of rotatable bonds is 7. The Hall–Kier alpha value is -3.35. The van der Waals surface area contributed by atoms with Gasteiger partial charge >= 0.3 is 12.1 Å². The third kappa shape index (κ3) is 4.47. The summed E-state index contributed by atoms with van der Waals surface area (Å²) in [7, 11) is 0. The first kappa shape index (κ1) is 21.9. The second-order valence-corrected chi connectivity index (χ2v) is 8.57. The van der Waals surface area contributed by atoms with Gasteiger partial charge in [0.2, 0.25) is 5.91 Å². The van der Waals surface area contributed by atoms with Crippen LogP contribution >= 0.6 is 0 Å². The Bertz CT molecular complexity index is 975. The lowest BCUT2D eigenvalue weighted by Gasteiger charge is -2.19. The van der Waals surface area contributed by atoms with Gasteiger partial charge in [-0.2, -0.15) is 0 Å². The van der Waals surface area contributed by atoms with Crippen molar-refractivity contribution in [3.63, 3.8) is 0 Å². The van der Waals surface area contributed by atoms with Crippen molar-refractivity contribution in [2.45, 2.75) is 38.1 Å². The maximum absolute atomic E-state index is 12.4. The van der Waals surface area contributed by atoms with E-state index in [1.165, 1.54) is 0 Å². The lowest BCUT2D eigenvalue weighted by molar-refractivity contribution is -0.143. The van der Waals surface area contributed by atoms with Gasteiger partial charge in [-0.25, -0.2) is 4.79 Å². The van der Waals surface area contributed by atoms with Crippen LogP contribution in [0.15, 0.2) is 48.5 Å². The zero-order chi connectivity index (χ0) is 22.7. The summed E-state index contributed by atoms with van der Waals surface area (Å²) < 4.78 is 5.48. The van der Waals surface area contributed by atoms with Gasteiger partial charge in [0.1, 0.15) is 12.6 Å². The molecule has 4 rings (SSSR count). The zero-order valence-electron chi connectivity index (χ0n) is 18.0. The maximum Gasteiger partial charge on any atom is 0.407 e. The van der Waals surface area contributed by atoms with Crippen LogP contribution in [0.3, 0.4) is 0 Å². The summed E-state index contributed by atoms with van der Waals surface area (Å²) in [6, 6.07) is 15.4. The van der Waals surface area contributed by atoms with E-state index in [1.54, 1.807) is 6.92 Å². The van der Waals surface area contributed by atoms with Crippen molar-refractivity contribution < 1.29 is 24.2 Å². The van der Waals surface area contributed by atoms with Gasteiger partial charge in [0.15, 0.2) is 0 Å². The topological polar surface area (TPSA) is 105 Å². The highest BCUT2D eigenvalue weighted by molar-refractivity contribution is 5.85. The highest BCUT2D eigenvalue weighted by Crippen LogP contribution is 2.44. The molecule has 3 atom stereocenters. The lowest BCUT2D eigenvalue weighted by atomic mass is 9.96. The van der Waals surface area contributed by atoms with E-state index < -0.39 is 24.0 Å². The first-order valence-corrected chi connectivity index (χ1v) is 11.1. The van der Waals surface area contributed by atoms with Crippen molar-refractivity contribution in [3.8, 4) is 11.1 Å². The molecule has 0 aliphatic heterocycles. The predicted molar refractivity (Wildman–Crippen MR) is 119 cm³/mol. The second-order valence-electron chi connectivity index (χ2n) is 8.57. The number of carbonyl (C=O) groups excluding carboxylic acids is 2. The minimum absolute atomic E-state index is 0.0485. The monoisotopic (exact) mass is 436 g/mol. The molecule has 0 saturated heterocycles. The normalized spacial score (nSPS) is 20.2. The molecule has 0 heterocycles. The molecule has 2 aromatic carbocycles. The van der Waals surface area contributed by atoms with E-state index in [1.807, 2.05) is 36.4 Å². The van der Waals surface area contributed by atoms with Crippen molar-refractivity contribution in [3.05, 3.63) is 59.7 Å². The molecule has 2 amide bonds. The van der Waals surface area contributed by atoms with Crippen LogP contribution in [0.4, 0.5) is 4.79 Å². The Balaban J connectivity index is 1.29. The number of amides is 2. The van der Waals surface area contributed by atoms with E-state index in [-0.39, 0.29) is 24.3 Å². The van der Waals surface area contributed by atoms with E-state index in [9.17, 15) is 19.5 Å². The van der Waals surface area contributed by atoms with Crippen molar-refractivity contribution in [1.29, 1.82) is 0 Å². The molecule has 2 aliphatic carbocycles. The van der Waals surface area contributed by atoms with Gasteiger partial charge in [0.05, 0.1) is 5.92 Å². The molecule has 1 saturated carbocycles. The molecule has 2 aromatic rings. The molecule has 2 aliphatic rings. The second kappa shape index (κ2) is 9.42. The minimum Gasteiger partial charge on any atom is -0.481 e. The Labute approximate surface area is 187 Å². The molecule has 0 spiro atoms. The average molecular weight is 437 g/mol. The number of carbonyl (C=O) groups is 3. The molecule has 168 valence electrons. The van der Waals surface area contributed by atoms with Crippen molar-refractivity contribution in [2.24, 2.45) is 11.8 Å². The molecular formula is C25H28N2O5. The van der Waals surface area contributed by atoms with Gasteiger partial charge in [-0.05, 0) is 47.9 Å². The van der Waals surface area contributed by atoms with Gasteiger partial charge < -0.3 is 20.5 Å². The van der Waals surface area contributed by atoms with E-state index in [0.29, 0.717) is 13.0 Å². The third-order valence-electron chi connectivity index (χ3n) is 6.59. The molecule has 0 radical (unpaired) electrons. The molecule has 32 heavy (non-hydrogen) atoms. The van der Waals surface area contributed by atoms with Crippen LogP contribution in [0.5, 0.6) is 0 Å². The molecule has 7 nitrogen and oxygen atoms in total. The summed E-state index contributed by atoms with van der Waals surface area (Å²) in [5.41, 5.74) is 4.54. The summed E-state index contributed by atoms with van der Waals surface area (Å²) >= 11 is 0. The van der Waals surface area contributed by atoms with Crippen LogP contribution in [0.25, 0.3) is 11.1 Å². The number of hydrogen-bond donors (Lipinski definition) is 3. The largest absolute Gasteiger partial charge is 0.481 e. The predicted octanol–water partition coefficient (Wildman–Crippen LogP) is 3.53. The minimum atomic E-state index is -0.813. The fourth-order valence-corrected chi connectivity index (χ4v) is 4.87. The number of carboxylic acids is 1. The van der Waals surface area contributed by atoms with Gasteiger partial charge in [0, 0.05) is 12.5 Å². The SMILES string of the molecule is C[C@@H](NC(=O)OCC1c2ccccc2-c2ccccc21)C(=O)NCC1CCCC1C(=O)O. The molecule has 7 heteroatoms. The van der Waals surface area contributed by atoms with Crippen LogP contribution < -0.4 is 10.6 Å². The average Bonchev–Trinajstić information content (AvgIpc) is 3.39. The third-order valence-corrected chi connectivity index (χ3v) is 6.59. The van der Waals surface area contributed by atoms with Gasteiger partial charge in [-0.3, -0.25) is 9.59 Å². The summed E-state index contributed by atoms with van der Waals surface area (Å²) in [5, 5.41) is 14.6. The Morgan fingerprint density at radius 2 is 1.66 bits per heavy atom. The number of hydrogen-bond acceptors (Lipinski definition) is 4. The van der Waals surface area contributed by atoms with E-state index in [2.05, 4.69) is 22.8 Å². The first-order chi connectivity index (χ1) is 15.5. The molecule has 1 fully saturated rings. The van der Waals surface area contributed by atoms with Crippen molar-refractivity contribution in [2.75, 3.05) is 13.2 Å². The highest BCUT2D eigenvalue weighted by Gasteiger charge is 2.33. The highest BCUT2D eigenvalue weighted by atomic mass is 16.5. The van der Waals surface area contributed by atoms with E-state index in [0.717, 1.165) is 35.1 Å². The summed E-state index contributed by atoms with van der Waals surface area (Å²) in [4.78, 5) is 36.0. The molecule has 3 N–H and O–H groups in total. The molecule has 2 unspecified atom stereocenters. The number of ether oxygens (including phenoxy) is 1. The standard InChI is InChI=1S/C25H28N2O5/c1-15(23(28)26-13-16-7-6-12-17(16)24(29)30)27-25(31)32-14-22-20-10-4-2-8-18(20)19-9-3-5-11-21(19)22/h2-5,8-11,15-17,22H,6-7,12-14H2,1H3,(H,26,28)(H,27,31)(H,29,30)/t15-,16?,17?/m1/s1. The molecule has 0 aromatic heterocycles. The Kier molecular flexibility index (Phi) is 6.44. The van der Waals surface area contributed by atoms with Crippen LogP contribution in [0, 0.1) is 11.8 Å². The Morgan fingerprint density at radius 3 is 2.28 bits per heavy atom. The van der Waals surface area contributed by atoms with Crippen LogP contribution in [-0.2, 0) is 14.3 Å². The smallest absolute Gasteiger partial charge is 0.407 e. The molecule has 0 bridgehead atoms. The van der Waals surface area contributed by atoms with Crippen LogP contribution in [-0.4, -0.2) is 42.3 Å². The lowest BCUT2D eigenvalue weighted by Crippen LogP contribution is -2.46. The summed E-state index contributed by atoms with van der Waals surface area (Å²) in [6.45, 7) is 2.06. The maximum atomic E-state index is 12.4. The van der Waals surface area contributed by atoms with Gasteiger partial charge in [0.25, 0.3) is 0 Å². The number of aliphatic carboxylic acids is 1. The fraction of sp³-hybridized carbons (Fsp3) is 0.400. The first-order valence-electron chi connectivity index (χ1n) is 11.1. The van der Waals surface area contributed by atoms with Crippen LogP contribution in [0.2, 0.25) is 0 Å². The van der Waals surface area contributed by atoms with E-state index >= 15 is 0 Å².